The summed E-state index contributed by atoms with van der Waals surface area (Å²) in [7, 11) is 1.78. The Morgan fingerprint density at radius 1 is 1.35 bits per heavy atom. The number of benzene rings is 1. The summed E-state index contributed by atoms with van der Waals surface area (Å²) in [6.07, 6.45) is 0. The number of nitrogens with zero attached hydrogens (tertiary/aromatic N) is 1. The van der Waals surface area contributed by atoms with Gasteiger partial charge in [0, 0.05) is 13.6 Å². The summed E-state index contributed by atoms with van der Waals surface area (Å²) < 4.78 is 0. The van der Waals surface area contributed by atoms with Gasteiger partial charge < -0.3 is 10.6 Å². The Morgan fingerprint density at radius 2 is 1.88 bits per heavy atom. The molecule has 0 radical (unpaired) electrons. The molecule has 0 saturated heterocycles. The maximum Gasteiger partial charge on any atom is 0.242 e. The van der Waals surface area contributed by atoms with Crippen molar-refractivity contribution in [3.05, 3.63) is 35.4 Å². The Balaban J connectivity index is 0.00000256. The number of nitrogens with two attached hydrogens (primary N) is 1. The van der Waals surface area contributed by atoms with Crippen molar-refractivity contribution in [3.63, 3.8) is 0 Å². The number of hydrogen-bond acceptors (Lipinski definition) is 2. The molecule has 0 spiro atoms. The zero-order chi connectivity index (χ0) is 12.3. The minimum atomic E-state index is -0.808. The zero-order valence-electron chi connectivity index (χ0n) is 10.9. The second-order valence-electron chi connectivity index (χ2n) is 4.81. The molecule has 0 fully saturated rings. The molecular formula is C13H21ClN2O. The lowest BCUT2D eigenvalue weighted by Gasteiger charge is -2.26. The fraction of sp³-hybridized carbons (Fsp3) is 0.462. The quantitative estimate of drug-likeness (QED) is 0.901. The highest BCUT2D eigenvalue weighted by Crippen LogP contribution is 2.11. The van der Waals surface area contributed by atoms with Gasteiger partial charge in [-0.25, -0.2) is 0 Å². The molecule has 96 valence electrons. The summed E-state index contributed by atoms with van der Waals surface area (Å²) in [5, 5.41) is 0. The Labute approximate surface area is 109 Å². The first-order valence-corrected chi connectivity index (χ1v) is 5.41. The molecule has 3 nitrogen and oxygen atoms in total. The van der Waals surface area contributed by atoms with Crippen LogP contribution in [0.1, 0.15) is 25.0 Å². The molecule has 0 saturated carbocycles. The van der Waals surface area contributed by atoms with E-state index in [4.69, 9.17) is 5.73 Å². The minimum absolute atomic E-state index is 0. The topological polar surface area (TPSA) is 46.3 Å². The number of carbonyl (C=O) groups excluding carboxylic acids is 1. The van der Waals surface area contributed by atoms with E-state index in [2.05, 4.69) is 0 Å². The molecule has 0 aromatic heterocycles. The molecule has 1 aromatic rings. The first kappa shape index (κ1) is 15.9. The highest BCUT2D eigenvalue weighted by atomic mass is 35.5. The minimum Gasteiger partial charge on any atom is -0.340 e. The standard InChI is InChI=1S/C13H20N2O.ClH/c1-10-7-5-6-8-11(10)9-15(4)12(16)13(2,3)14;/h5-8H,9,14H2,1-4H3;1H. The van der Waals surface area contributed by atoms with E-state index >= 15 is 0 Å². The van der Waals surface area contributed by atoms with Gasteiger partial charge in [-0.3, -0.25) is 4.79 Å². The summed E-state index contributed by atoms with van der Waals surface area (Å²) >= 11 is 0. The van der Waals surface area contributed by atoms with Crippen LogP contribution in [0.2, 0.25) is 0 Å². The summed E-state index contributed by atoms with van der Waals surface area (Å²) in [5.41, 5.74) is 7.32. The summed E-state index contributed by atoms with van der Waals surface area (Å²) in [5.74, 6) is -0.0456. The van der Waals surface area contributed by atoms with Crippen molar-refractivity contribution in [2.75, 3.05) is 7.05 Å². The van der Waals surface area contributed by atoms with Gasteiger partial charge in [0.15, 0.2) is 0 Å². The fourth-order valence-electron chi connectivity index (χ4n) is 1.61. The van der Waals surface area contributed by atoms with Crippen LogP contribution in [0.15, 0.2) is 24.3 Å². The van der Waals surface area contributed by atoms with Crippen LogP contribution in [-0.2, 0) is 11.3 Å². The third-order valence-corrected chi connectivity index (χ3v) is 2.57. The first-order valence-electron chi connectivity index (χ1n) is 5.41. The van der Waals surface area contributed by atoms with E-state index in [1.807, 2.05) is 31.2 Å². The predicted molar refractivity (Wildman–Crippen MR) is 73.2 cm³/mol. The number of hydrogen-bond donors (Lipinski definition) is 1. The van der Waals surface area contributed by atoms with Crippen LogP contribution in [0, 0.1) is 6.92 Å². The van der Waals surface area contributed by atoms with Crippen LogP contribution < -0.4 is 5.73 Å². The summed E-state index contributed by atoms with van der Waals surface area (Å²) in [6, 6.07) is 8.05. The number of rotatable bonds is 3. The van der Waals surface area contributed by atoms with E-state index in [0.29, 0.717) is 6.54 Å². The van der Waals surface area contributed by atoms with E-state index in [1.165, 1.54) is 5.56 Å². The average Bonchev–Trinajstić information content (AvgIpc) is 2.19. The van der Waals surface area contributed by atoms with Crippen molar-refractivity contribution in [2.45, 2.75) is 32.9 Å². The van der Waals surface area contributed by atoms with Crippen LogP contribution in [0.3, 0.4) is 0 Å². The lowest BCUT2D eigenvalue weighted by Crippen LogP contribution is -2.49. The van der Waals surface area contributed by atoms with Gasteiger partial charge in [-0.1, -0.05) is 24.3 Å². The predicted octanol–water partition coefficient (Wildman–Crippen LogP) is 2.11. The summed E-state index contributed by atoms with van der Waals surface area (Å²) in [4.78, 5) is 13.6. The Kier molecular flexibility index (Phi) is 5.66. The molecule has 0 aliphatic rings. The van der Waals surface area contributed by atoms with Crippen LogP contribution in [0.4, 0.5) is 0 Å². The van der Waals surface area contributed by atoms with Gasteiger partial charge in [0.2, 0.25) is 5.91 Å². The molecule has 0 aliphatic heterocycles. The van der Waals surface area contributed by atoms with Gasteiger partial charge in [0.05, 0.1) is 5.54 Å². The number of halogens is 1. The van der Waals surface area contributed by atoms with Gasteiger partial charge in [0.25, 0.3) is 0 Å². The molecule has 0 heterocycles. The number of carbonyl (C=O) groups is 1. The lowest BCUT2D eigenvalue weighted by atomic mass is 10.0. The van der Waals surface area contributed by atoms with Crippen molar-refractivity contribution in [1.29, 1.82) is 0 Å². The molecule has 1 aromatic carbocycles. The van der Waals surface area contributed by atoms with Crippen LogP contribution in [0.5, 0.6) is 0 Å². The van der Waals surface area contributed by atoms with E-state index < -0.39 is 5.54 Å². The molecule has 2 N–H and O–H groups in total. The Bertz CT molecular complexity index is 385. The molecule has 0 unspecified atom stereocenters. The van der Waals surface area contributed by atoms with E-state index in [9.17, 15) is 4.79 Å². The normalized spacial score (nSPS) is 10.6. The van der Waals surface area contributed by atoms with Crippen LogP contribution >= 0.6 is 12.4 Å². The van der Waals surface area contributed by atoms with E-state index in [-0.39, 0.29) is 18.3 Å². The molecular weight excluding hydrogens is 236 g/mol. The highest BCUT2D eigenvalue weighted by Gasteiger charge is 2.25. The van der Waals surface area contributed by atoms with Gasteiger partial charge in [0.1, 0.15) is 0 Å². The Morgan fingerprint density at radius 3 is 2.35 bits per heavy atom. The van der Waals surface area contributed by atoms with E-state index in [0.717, 1.165) is 5.56 Å². The maximum atomic E-state index is 11.9. The smallest absolute Gasteiger partial charge is 0.242 e. The monoisotopic (exact) mass is 256 g/mol. The molecule has 0 aliphatic carbocycles. The number of aryl methyl sites for hydroxylation is 1. The van der Waals surface area contributed by atoms with Crippen molar-refractivity contribution in [1.82, 2.24) is 4.90 Å². The zero-order valence-corrected chi connectivity index (χ0v) is 11.7. The van der Waals surface area contributed by atoms with Crippen LogP contribution in [-0.4, -0.2) is 23.4 Å². The molecule has 1 rings (SSSR count). The largest absolute Gasteiger partial charge is 0.340 e. The molecule has 0 atom stereocenters. The fourth-order valence-corrected chi connectivity index (χ4v) is 1.61. The number of likely N-dealkylation sites (N-methyl/N-ethyl adjacent to an activating group) is 1. The van der Waals surface area contributed by atoms with Crippen molar-refractivity contribution >= 4 is 18.3 Å². The molecule has 17 heavy (non-hydrogen) atoms. The van der Waals surface area contributed by atoms with Gasteiger partial charge >= 0.3 is 0 Å². The van der Waals surface area contributed by atoms with Gasteiger partial charge in [-0.2, -0.15) is 0 Å². The highest BCUT2D eigenvalue weighted by molar-refractivity contribution is 5.85. The first-order chi connectivity index (χ1) is 7.32. The van der Waals surface area contributed by atoms with Crippen molar-refractivity contribution in [3.8, 4) is 0 Å². The second-order valence-corrected chi connectivity index (χ2v) is 4.81. The van der Waals surface area contributed by atoms with Crippen LogP contribution in [0.25, 0.3) is 0 Å². The average molecular weight is 257 g/mol. The van der Waals surface area contributed by atoms with E-state index in [1.54, 1.807) is 25.8 Å². The second kappa shape index (κ2) is 6.03. The molecule has 1 amide bonds. The number of amides is 1. The Hall–Kier alpha value is -1.06. The molecule has 4 heteroatoms. The van der Waals surface area contributed by atoms with Crippen molar-refractivity contribution < 1.29 is 4.79 Å². The maximum absolute atomic E-state index is 11.9. The third-order valence-electron chi connectivity index (χ3n) is 2.57. The van der Waals surface area contributed by atoms with Gasteiger partial charge in [-0.05, 0) is 31.9 Å². The lowest BCUT2D eigenvalue weighted by molar-refractivity contribution is -0.135. The van der Waals surface area contributed by atoms with Gasteiger partial charge in [-0.15, -0.1) is 12.4 Å². The SMILES string of the molecule is Cc1ccccc1CN(C)C(=O)C(C)(C)N.Cl. The molecule has 0 bridgehead atoms. The third kappa shape index (κ3) is 4.36. The van der Waals surface area contributed by atoms with Crippen molar-refractivity contribution in [2.24, 2.45) is 5.73 Å². The summed E-state index contributed by atoms with van der Waals surface area (Å²) in [6.45, 7) is 6.10.